The van der Waals surface area contributed by atoms with Gasteiger partial charge in [-0.25, -0.2) is 13.4 Å². The fraction of sp³-hybridized carbons (Fsp3) is 0.118. The second-order valence-corrected chi connectivity index (χ2v) is 7.70. The number of nitrogens with one attached hydrogen (secondary N) is 2. The van der Waals surface area contributed by atoms with Gasteiger partial charge in [0.1, 0.15) is 17.1 Å². The Bertz CT molecular complexity index is 1100. The van der Waals surface area contributed by atoms with Gasteiger partial charge in [0.15, 0.2) is 9.84 Å². The molecule has 0 radical (unpaired) electrons. The highest BCUT2D eigenvalue weighted by Crippen LogP contribution is 2.21. The van der Waals surface area contributed by atoms with Crippen molar-refractivity contribution in [1.29, 1.82) is 0 Å². The maximum Gasteiger partial charge on any atom is 0.250 e. The van der Waals surface area contributed by atoms with E-state index in [1.165, 1.54) is 37.3 Å². The molecule has 0 bridgehead atoms. The SMILES string of the molecule is CC(=O)Nc1ccc(S(=O)(=O)Cc2nc3c(C(N)=O)cccc3[nH]2)cc1. The molecule has 26 heavy (non-hydrogen) atoms. The van der Waals surface area contributed by atoms with Gasteiger partial charge in [-0.05, 0) is 36.4 Å². The van der Waals surface area contributed by atoms with Crippen molar-refractivity contribution >= 4 is 38.4 Å². The molecular formula is C17H16N4O4S. The standard InChI is InChI=1S/C17H16N4O4S/c1-10(22)19-11-5-7-12(8-6-11)26(24,25)9-15-20-14-4-2-3-13(17(18)23)16(14)21-15/h2-8H,9H2,1H3,(H2,18,23)(H,19,22)(H,20,21). The number of carbonyl (C=O) groups excluding carboxylic acids is 2. The van der Waals surface area contributed by atoms with Crippen LogP contribution in [0.5, 0.6) is 0 Å². The first-order valence-corrected chi connectivity index (χ1v) is 9.29. The molecule has 0 aliphatic heterocycles. The van der Waals surface area contributed by atoms with Gasteiger partial charge in [-0.3, -0.25) is 9.59 Å². The first-order valence-electron chi connectivity index (χ1n) is 7.64. The van der Waals surface area contributed by atoms with E-state index >= 15 is 0 Å². The zero-order valence-electron chi connectivity index (χ0n) is 13.8. The molecule has 3 aromatic rings. The molecular weight excluding hydrogens is 356 g/mol. The summed E-state index contributed by atoms with van der Waals surface area (Å²) < 4.78 is 25.2. The minimum atomic E-state index is -3.66. The number of anilines is 1. The van der Waals surface area contributed by atoms with Crippen LogP contribution >= 0.6 is 0 Å². The van der Waals surface area contributed by atoms with Crippen LogP contribution in [0.15, 0.2) is 47.4 Å². The van der Waals surface area contributed by atoms with Crippen molar-refractivity contribution in [2.24, 2.45) is 5.73 Å². The molecule has 1 heterocycles. The molecule has 2 aromatic carbocycles. The number of amides is 2. The molecule has 9 heteroatoms. The number of para-hydroxylation sites is 1. The highest BCUT2D eigenvalue weighted by molar-refractivity contribution is 7.90. The lowest BCUT2D eigenvalue weighted by atomic mass is 10.2. The summed E-state index contributed by atoms with van der Waals surface area (Å²) in [6, 6.07) is 10.7. The van der Waals surface area contributed by atoms with Crippen molar-refractivity contribution in [1.82, 2.24) is 9.97 Å². The number of hydrogen-bond donors (Lipinski definition) is 3. The number of hydrogen-bond acceptors (Lipinski definition) is 5. The predicted octanol–water partition coefficient (Wildman–Crippen LogP) is 1.59. The van der Waals surface area contributed by atoms with Crippen LogP contribution in [0, 0.1) is 0 Å². The topological polar surface area (TPSA) is 135 Å². The highest BCUT2D eigenvalue weighted by atomic mass is 32.2. The Hall–Kier alpha value is -3.20. The van der Waals surface area contributed by atoms with Gasteiger partial charge in [0, 0.05) is 12.6 Å². The van der Waals surface area contributed by atoms with Crippen molar-refractivity contribution in [3.8, 4) is 0 Å². The number of nitrogens with two attached hydrogens (primary N) is 1. The number of fused-ring (bicyclic) bond motifs is 1. The van der Waals surface area contributed by atoms with Gasteiger partial charge in [-0.15, -0.1) is 0 Å². The first-order chi connectivity index (χ1) is 12.3. The van der Waals surface area contributed by atoms with E-state index in [1.807, 2.05) is 0 Å². The van der Waals surface area contributed by atoms with Gasteiger partial charge in [-0.1, -0.05) is 6.07 Å². The molecule has 0 aliphatic rings. The monoisotopic (exact) mass is 372 g/mol. The van der Waals surface area contributed by atoms with Crippen LogP contribution in [0.3, 0.4) is 0 Å². The summed E-state index contributed by atoms with van der Waals surface area (Å²) in [6.45, 7) is 1.37. The molecule has 3 rings (SSSR count). The Morgan fingerprint density at radius 3 is 2.46 bits per heavy atom. The van der Waals surface area contributed by atoms with E-state index in [0.717, 1.165) is 0 Å². The highest BCUT2D eigenvalue weighted by Gasteiger charge is 2.19. The Labute approximate surface area is 149 Å². The van der Waals surface area contributed by atoms with E-state index in [1.54, 1.807) is 12.1 Å². The fourth-order valence-electron chi connectivity index (χ4n) is 2.56. The minimum absolute atomic E-state index is 0.0992. The molecule has 4 N–H and O–H groups in total. The van der Waals surface area contributed by atoms with Crippen LogP contribution < -0.4 is 11.1 Å². The molecule has 134 valence electrons. The zero-order chi connectivity index (χ0) is 18.9. The Kier molecular flexibility index (Phi) is 4.47. The van der Waals surface area contributed by atoms with E-state index < -0.39 is 15.7 Å². The fourth-order valence-corrected chi connectivity index (χ4v) is 3.78. The minimum Gasteiger partial charge on any atom is -0.366 e. The lowest BCUT2D eigenvalue weighted by Crippen LogP contribution is -2.11. The van der Waals surface area contributed by atoms with E-state index in [4.69, 9.17) is 5.73 Å². The molecule has 0 saturated heterocycles. The molecule has 0 aliphatic carbocycles. The number of benzene rings is 2. The average molecular weight is 372 g/mol. The third-order valence-electron chi connectivity index (χ3n) is 3.69. The van der Waals surface area contributed by atoms with Crippen molar-refractivity contribution < 1.29 is 18.0 Å². The van der Waals surface area contributed by atoms with Gasteiger partial charge < -0.3 is 16.0 Å². The summed E-state index contributed by atoms with van der Waals surface area (Å²) in [5.41, 5.74) is 6.92. The lowest BCUT2D eigenvalue weighted by Gasteiger charge is -2.05. The average Bonchev–Trinajstić information content (AvgIpc) is 2.95. The van der Waals surface area contributed by atoms with Crippen molar-refractivity contribution in [2.45, 2.75) is 17.6 Å². The van der Waals surface area contributed by atoms with Gasteiger partial charge >= 0.3 is 0 Å². The summed E-state index contributed by atoms with van der Waals surface area (Å²) in [7, 11) is -3.66. The maximum atomic E-state index is 12.6. The molecule has 0 unspecified atom stereocenters. The molecule has 1 aromatic heterocycles. The number of primary amides is 1. The third kappa shape index (κ3) is 3.57. The number of rotatable bonds is 5. The zero-order valence-corrected chi connectivity index (χ0v) is 14.6. The summed E-state index contributed by atoms with van der Waals surface area (Å²) in [6.07, 6.45) is 0. The summed E-state index contributed by atoms with van der Waals surface area (Å²) in [5.74, 6) is -1.03. The van der Waals surface area contributed by atoms with Crippen molar-refractivity contribution in [2.75, 3.05) is 5.32 Å². The van der Waals surface area contributed by atoms with Crippen LogP contribution in [0.2, 0.25) is 0 Å². The number of imidazole rings is 1. The molecule has 0 spiro atoms. The molecule has 8 nitrogen and oxygen atoms in total. The second kappa shape index (κ2) is 6.60. The van der Waals surface area contributed by atoms with Crippen LogP contribution in [0.25, 0.3) is 11.0 Å². The quantitative estimate of drug-likeness (QED) is 0.625. The van der Waals surface area contributed by atoms with Gasteiger partial charge in [-0.2, -0.15) is 0 Å². The van der Waals surface area contributed by atoms with Crippen LogP contribution in [0.4, 0.5) is 5.69 Å². The maximum absolute atomic E-state index is 12.6. The summed E-state index contributed by atoms with van der Waals surface area (Å²) in [5, 5.41) is 2.57. The normalized spacial score (nSPS) is 11.4. The predicted molar refractivity (Wildman–Crippen MR) is 96.2 cm³/mol. The number of H-pyrrole nitrogens is 1. The van der Waals surface area contributed by atoms with Gasteiger partial charge in [0.2, 0.25) is 5.91 Å². The van der Waals surface area contributed by atoms with Gasteiger partial charge in [0.05, 0.1) is 16.0 Å². The Morgan fingerprint density at radius 2 is 1.85 bits per heavy atom. The Morgan fingerprint density at radius 1 is 1.15 bits per heavy atom. The van der Waals surface area contributed by atoms with Crippen LogP contribution in [-0.2, 0) is 20.4 Å². The summed E-state index contributed by atoms with van der Waals surface area (Å²) >= 11 is 0. The van der Waals surface area contributed by atoms with Crippen molar-refractivity contribution in [3.05, 3.63) is 53.9 Å². The number of aromatic amines is 1. The molecule has 2 amide bonds. The van der Waals surface area contributed by atoms with Crippen LogP contribution in [0.1, 0.15) is 23.1 Å². The van der Waals surface area contributed by atoms with E-state index in [0.29, 0.717) is 16.7 Å². The largest absolute Gasteiger partial charge is 0.366 e. The van der Waals surface area contributed by atoms with E-state index in [9.17, 15) is 18.0 Å². The Balaban J connectivity index is 1.90. The molecule has 0 saturated carbocycles. The van der Waals surface area contributed by atoms with Crippen molar-refractivity contribution in [3.63, 3.8) is 0 Å². The number of sulfone groups is 1. The molecule has 0 atom stereocenters. The lowest BCUT2D eigenvalue weighted by molar-refractivity contribution is -0.114. The number of carbonyl (C=O) groups is 2. The van der Waals surface area contributed by atoms with E-state index in [-0.39, 0.29) is 27.9 Å². The van der Waals surface area contributed by atoms with Crippen LogP contribution in [-0.4, -0.2) is 30.2 Å². The summed E-state index contributed by atoms with van der Waals surface area (Å²) in [4.78, 5) is 29.7. The number of aromatic nitrogens is 2. The van der Waals surface area contributed by atoms with E-state index in [2.05, 4.69) is 15.3 Å². The second-order valence-electron chi connectivity index (χ2n) is 5.71. The first kappa shape index (κ1) is 17.6. The molecule has 0 fully saturated rings. The van der Waals surface area contributed by atoms with Gasteiger partial charge in [0.25, 0.3) is 5.91 Å². The smallest absolute Gasteiger partial charge is 0.250 e. The third-order valence-corrected chi connectivity index (χ3v) is 5.33. The number of nitrogens with zero attached hydrogens (tertiary/aromatic N) is 1.